The lowest BCUT2D eigenvalue weighted by atomic mass is 9.77. The number of aliphatic hydroxyl groups is 1. The van der Waals surface area contributed by atoms with Crippen molar-refractivity contribution in [1.82, 2.24) is 0 Å². The summed E-state index contributed by atoms with van der Waals surface area (Å²) in [6, 6.07) is 7.11. The summed E-state index contributed by atoms with van der Waals surface area (Å²) in [5, 5.41) is 19.9. The summed E-state index contributed by atoms with van der Waals surface area (Å²) in [5.74, 6) is 0.508. The maximum absolute atomic E-state index is 11.4. The molecule has 3 fully saturated rings. The van der Waals surface area contributed by atoms with Gasteiger partial charge in [0.25, 0.3) is 0 Å². The van der Waals surface area contributed by atoms with E-state index in [2.05, 4.69) is 12.2 Å². The fourth-order valence-electron chi connectivity index (χ4n) is 5.68. The predicted octanol–water partition coefficient (Wildman–Crippen LogP) is 5.47. The number of carbonyl (C=O) groups is 1. The maximum Gasteiger partial charge on any atom is 0.336 e. The quantitative estimate of drug-likeness (QED) is 0.558. The van der Waals surface area contributed by atoms with E-state index in [4.69, 9.17) is 4.74 Å². The molecule has 0 aromatic heterocycles. The van der Waals surface area contributed by atoms with E-state index < -0.39 is 5.97 Å². The van der Waals surface area contributed by atoms with Crippen LogP contribution in [0.1, 0.15) is 73.7 Å². The number of aromatic carboxylic acids is 1. The number of rotatable bonds is 8. The van der Waals surface area contributed by atoms with Gasteiger partial charge in [0.2, 0.25) is 0 Å². The molecule has 4 rings (SSSR count). The Kier molecular flexibility index (Phi) is 7.06. The second-order valence-electron chi connectivity index (χ2n) is 9.25. The van der Waals surface area contributed by atoms with Crippen LogP contribution in [0.5, 0.6) is 0 Å². The van der Waals surface area contributed by atoms with Gasteiger partial charge in [0.15, 0.2) is 0 Å². The van der Waals surface area contributed by atoms with Gasteiger partial charge in [-0.25, -0.2) is 4.79 Å². The van der Waals surface area contributed by atoms with Crippen LogP contribution in [0.2, 0.25) is 0 Å². The van der Waals surface area contributed by atoms with Gasteiger partial charge >= 0.3 is 5.97 Å². The molecule has 30 heavy (non-hydrogen) atoms. The van der Waals surface area contributed by atoms with Crippen LogP contribution in [0.15, 0.2) is 42.5 Å². The molecule has 3 aliphatic rings. The summed E-state index contributed by atoms with van der Waals surface area (Å²) in [4.78, 5) is 11.4. The van der Waals surface area contributed by atoms with Gasteiger partial charge < -0.3 is 14.9 Å². The summed E-state index contributed by atoms with van der Waals surface area (Å²) >= 11 is 0. The standard InChI is InChI=1S/C26H34O4/c27-20(17-18-7-2-1-3-8-18)13-14-23-22(24-15-16-25(23)30-24)12-6-10-19-9-4-5-11-21(19)26(28)29/h4-6,9-11,13-14,18,20,22-25,27H,1-3,7-8,12,15-17H2,(H,28,29)/b10-6+,14-13?/t20?,22-,23+,24-,25+/m1/s1. The average Bonchev–Trinajstić information content (AvgIpc) is 3.35. The lowest BCUT2D eigenvalue weighted by Gasteiger charge is -2.26. The Hall–Kier alpha value is -1.91. The fraction of sp³-hybridized carbons (Fsp3) is 0.577. The smallest absolute Gasteiger partial charge is 0.336 e. The van der Waals surface area contributed by atoms with E-state index in [1.807, 2.05) is 24.3 Å². The second kappa shape index (κ2) is 9.93. The van der Waals surface area contributed by atoms with Gasteiger partial charge in [-0.3, -0.25) is 0 Å². The Balaban J connectivity index is 1.37. The number of fused-ring (bicyclic) bond motifs is 2. The van der Waals surface area contributed by atoms with Crippen LogP contribution < -0.4 is 0 Å². The molecule has 0 spiro atoms. The molecule has 1 aromatic rings. The van der Waals surface area contributed by atoms with Gasteiger partial charge in [-0.1, -0.05) is 74.6 Å². The summed E-state index contributed by atoms with van der Waals surface area (Å²) in [6.45, 7) is 0. The largest absolute Gasteiger partial charge is 0.478 e. The summed E-state index contributed by atoms with van der Waals surface area (Å²) in [5.41, 5.74) is 1.07. The third kappa shape index (κ3) is 5.04. The van der Waals surface area contributed by atoms with Gasteiger partial charge in [-0.15, -0.1) is 0 Å². The minimum Gasteiger partial charge on any atom is -0.478 e. The van der Waals surface area contributed by atoms with Crippen molar-refractivity contribution in [3.05, 3.63) is 53.6 Å². The zero-order chi connectivity index (χ0) is 20.9. The van der Waals surface area contributed by atoms with E-state index >= 15 is 0 Å². The fourth-order valence-corrected chi connectivity index (χ4v) is 5.68. The molecule has 2 aliphatic heterocycles. The van der Waals surface area contributed by atoms with Gasteiger partial charge in [-0.05, 0) is 49.1 Å². The number of hydrogen-bond acceptors (Lipinski definition) is 3. The molecule has 2 bridgehead atoms. The number of benzene rings is 1. The van der Waals surface area contributed by atoms with Crippen molar-refractivity contribution in [3.8, 4) is 0 Å². The first-order valence-corrected chi connectivity index (χ1v) is 11.6. The first kappa shape index (κ1) is 21.3. The Morgan fingerprint density at radius 2 is 1.87 bits per heavy atom. The van der Waals surface area contributed by atoms with Gasteiger partial charge in [0.05, 0.1) is 23.9 Å². The molecule has 2 saturated heterocycles. The number of carboxylic acids is 1. The molecule has 4 heteroatoms. The summed E-state index contributed by atoms with van der Waals surface area (Å²) in [7, 11) is 0. The Bertz CT molecular complexity index is 777. The minimum absolute atomic E-state index is 0.262. The van der Waals surface area contributed by atoms with E-state index in [1.54, 1.807) is 12.1 Å². The SMILES string of the molecule is O=C(O)c1ccccc1/C=C/C[C@@H]1[C@H](C=CC(O)CC2CCCCC2)[C@@H]2CC[C@H]1O2. The second-order valence-corrected chi connectivity index (χ2v) is 9.25. The Morgan fingerprint density at radius 1 is 1.10 bits per heavy atom. The third-order valence-electron chi connectivity index (χ3n) is 7.24. The van der Waals surface area contributed by atoms with E-state index in [9.17, 15) is 15.0 Å². The van der Waals surface area contributed by atoms with Gasteiger partial charge in [0, 0.05) is 5.92 Å². The number of carboxylic acid groups (broad SMARTS) is 1. The van der Waals surface area contributed by atoms with Crippen LogP contribution in [0.4, 0.5) is 0 Å². The van der Waals surface area contributed by atoms with Gasteiger partial charge in [-0.2, -0.15) is 0 Å². The molecule has 4 nitrogen and oxygen atoms in total. The maximum atomic E-state index is 11.4. The molecule has 0 amide bonds. The van der Waals surface area contributed by atoms with E-state index in [1.165, 1.54) is 32.1 Å². The van der Waals surface area contributed by atoms with Crippen molar-refractivity contribution in [3.63, 3.8) is 0 Å². The third-order valence-corrected chi connectivity index (χ3v) is 7.24. The van der Waals surface area contributed by atoms with Crippen LogP contribution in [0.25, 0.3) is 6.08 Å². The summed E-state index contributed by atoms with van der Waals surface area (Å²) in [6.07, 6.45) is 18.8. The molecule has 1 saturated carbocycles. The summed E-state index contributed by atoms with van der Waals surface area (Å²) < 4.78 is 6.18. The topological polar surface area (TPSA) is 66.8 Å². The number of allylic oxidation sites excluding steroid dienone is 1. The van der Waals surface area contributed by atoms with Crippen molar-refractivity contribution in [2.75, 3.05) is 0 Å². The highest BCUT2D eigenvalue weighted by molar-refractivity contribution is 5.92. The number of hydrogen-bond donors (Lipinski definition) is 2. The van der Waals surface area contributed by atoms with Crippen molar-refractivity contribution in [2.45, 2.75) is 76.1 Å². The molecule has 1 aromatic carbocycles. The molecule has 2 heterocycles. The van der Waals surface area contributed by atoms with Crippen LogP contribution in [0, 0.1) is 17.8 Å². The molecule has 162 valence electrons. The average molecular weight is 411 g/mol. The molecular formula is C26H34O4. The van der Waals surface area contributed by atoms with E-state index in [0.29, 0.717) is 23.3 Å². The first-order chi connectivity index (χ1) is 14.6. The number of ether oxygens (including phenoxy) is 1. The molecule has 1 unspecified atom stereocenters. The molecule has 2 N–H and O–H groups in total. The lowest BCUT2D eigenvalue weighted by Crippen LogP contribution is -2.25. The monoisotopic (exact) mass is 410 g/mol. The van der Waals surface area contributed by atoms with Gasteiger partial charge in [0.1, 0.15) is 0 Å². The van der Waals surface area contributed by atoms with E-state index in [-0.39, 0.29) is 18.3 Å². The Labute approximate surface area is 179 Å². The highest BCUT2D eigenvalue weighted by Crippen LogP contribution is 2.46. The van der Waals surface area contributed by atoms with Crippen LogP contribution in [-0.4, -0.2) is 34.5 Å². The molecular weight excluding hydrogens is 376 g/mol. The van der Waals surface area contributed by atoms with Crippen molar-refractivity contribution in [1.29, 1.82) is 0 Å². The first-order valence-electron chi connectivity index (χ1n) is 11.6. The van der Waals surface area contributed by atoms with Crippen LogP contribution in [0.3, 0.4) is 0 Å². The minimum atomic E-state index is -0.897. The predicted molar refractivity (Wildman–Crippen MR) is 118 cm³/mol. The van der Waals surface area contributed by atoms with E-state index in [0.717, 1.165) is 31.2 Å². The normalized spacial score (nSPS) is 30.4. The highest BCUT2D eigenvalue weighted by Gasteiger charge is 2.46. The lowest BCUT2D eigenvalue weighted by molar-refractivity contribution is 0.0696. The van der Waals surface area contributed by atoms with Crippen LogP contribution in [-0.2, 0) is 4.74 Å². The van der Waals surface area contributed by atoms with Crippen molar-refractivity contribution in [2.24, 2.45) is 17.8 Å². The van der Waals surface area contributed by atoms with Crippen LogP contribution >= 0.6 is 0 Å². The van der Waals surface area contributed by atoms with Crippen molar-refractivity contribution < 1.29 is 19.7 Å². The Morgan fingerprint density at radius 3 is 2.67 bits per heavy atom. The highest BCUT2D eigenvalue weighted by atomic mass is 16.5. The van der Waals surface area contributed by atoms with Crippen molar-refractivity contribution >= 4 is 12.0 Å². The number of aliphatic hydroxyl groups excluding tert-OH is 1. The zero-order valence-corrected chi connectivity index (χ0v) is 17.7. The zero-order valence-electron chi connectivity index (χ0n) is 17.7. The molecule has 1 aliphatic carbocycles. The molecule has 5 atom stereocenters. The molecule has 0 radical (unpaired) electrons.